The highest BCUT2D eigenvalue weighted by Crippen LogP contribution is 2.26. The number of para-hydroxylation sites is 1. The number of hydrogen-bond donors (Lipinski definition) is 2. The molecule has 1 aromatic heterocycles. The molecular weight excluding hydrogens is 430 g/mol. The first-order chi connectivity index (χ1) is 16.4. The molecule has 0 saturated carbocycles. The molecule has 2 amide bonds. The summed E-state index contributed by atoms with van der Waals surface area (Å²) in [5, 5.41) is 5.97. The predicted octanol–water partition coefficient (Wildman–Crippen LogP) is 4.96. The zero-order valence-electron chi connectivity index (χ0n) is 18.8. The van der Waals surface area contributed by atoms with Gasteiger partial charge >= 0.3 is 5.97 Å². The molecule has 0 bridgehead atoms. The molecule has 7 heteroatoms. The molecule has 3 aromatic carbocycles. The second-order valence-corrected chi connectivity index (χ2v) is 7.82. The fourth-order valence-corrected chi connectivity index (χ4v) is 3.46. The summed E-state index contributed by atoms with van der Waals surface area (Å²) in [6, 6.07) is 23.5. The summed E-state index contributed by atoms with van der Waals surface area (Å²) in [6.07, 6.45) is 0. The van der Waals surface area contributed by atoms with E-state index in [1.54, 1.807) is 36.4 Å². The number of aromatic nitrogens is 1. The first-order valence-corrected chi connectivity index (χ1v) is 10.7. The van der Waals surface area contributed by atoms with Gasteiger partial charge < -0.3 is 15.4 Å². The first-order valence-electron chi connectivity index (χ1n) is 10.7. The lowest BCUT2D eigenvalue weighted by Gasteiger charge is -2.11. The summed E-state index contributed by atoms with van der Waals surface area (Å²) in [5.74, 6) is -1.27. The molecule has 0 atom stereocenters. The number of amides is 2. The maximum absolute atomic E-state index is 12.9. The van der Waals surface area contributed by atoms with E-state index >= 15 is 0 Å². The van der Waals surface area contributed by atoms with Gasteiger partial charge in [-0.15, -0.1) is 0 Å². The van der Waals surface area contributed by atoms with Gasteiger partial charge in [-0.2, -0.15) is 0 Å². The number of esters is 1. The number of anilines is 2. The number of carbonyl (C=O) groups excluding carboxylic acids is 3. The smallest absolute Gasteiger partial charge is 0.339 e. The number of nitrogens with one attached hydrogen (secondary N) is 2. The van der Waals surface area contributed by atoms with Gasteiger partial charge in [-0.05, 0) is 43.3 Å². The quantitative estimate of drug-likeness (QED) is 0.402. The van der Waals surface area contributed by atoms with Crippen LogP contribution in [0, 0.1) is 6.92 Å². The number of pyridine rings is 1. The van der Waals surface area contributed by atoms with E-state index in [-0.39, 0.29) is 5.91 Å². The molecule has 2 N–H and O–H groups in total. The van der Waals surface area contributed by atoms with E-state index in [4.69, 9.17) is 4.74 Å². The molecule has 0 radical (unpaired) electrons. The summed E-state index contributed by atoms with van der Waals surface area (Å²) >= 11 is 0. The van der Waals surface area contributed by atoms with E-state index in [1.165, 1.54) is 6.92 Å². The fourth-order valence-electron chi connectivity index (χ4n) is 3.46. The van der Waals surface area contributed by atoms with Crippen molar-refractivity contribution in [3.05, 3.63) is 90.0 Å². The topological polar surface area (TPSA) is 97.4 Å². The van der Waals surface area contributed by atoms with E-state index in [0.29, 0.717) is 33.5 Å². The Morgan fingerprint density at radius 2 is 1.50 bits per heavy atom. The highest BCUT2D eigenvalue weighted by Gasteiger charge is 2.16. The molecule has 34 heavy (non-hydrogen) atoms. The van der Waals surface area contributed by atoms with Crippen molar-refractivity contribution in [3.63, 3.8) is 0 Å². The summed E-state index contributed by atoms with van der Waals surface area (Å²) in [6.45, 7) is 2.98. The molecule has 0 aliphatic heterocycles. The Morgan fingerprint density at radius 1 is 0.853 bits per heavy atom. The minimum absolute atomic E-state index is 0.183. The van der Waals surface area contributed by atoms with Crippen LogP contribution in [0.4, 0.5) is 11.4 Å². The molecule has 0 unspecified atom stereocenters. The van der Waals surface area contributed by atoms with Crippen molar-refractivity contribution >= 4 is 40.1 Å². The van der Waals surface area contributed by atoms with Crippen molar-refractivity contribution < 1.29 is 19.1 Å². The predicted molar refractivity (Wildman–Crippen MR) is 132 cm³/mol. The van der Waals surface area contributed by atoms with E-state index < -0.39 is 18.5 Å². The van der Waals surface area contributed by atoms with Gasteiger partial charge in [-0.1, -0.05) is 48.0 Å². The Balaban J connectivity index is 1.48. The van der Waals surface area contributed by atoms with Gasteiger partial charge in [0.1, 0.15) is 0 Å². The monoisotopic (exact) mass is 453 g/mol. The standard InChI is InChI=1S/C27H23N3O4/c1-17-7-9-19(10-8-17)25-15-23(22-5-3-4-6-24(22)30-25)27(33)34-16-26(32)29-21-13-11-20(12-14-21)28-18(2)31/h3-15H,16H2,1-2H3,(H,28,31)(H,29,32). The van der Waals surface area contributed by atoms with E-state index in [9.17, 15) is 14.4 Å². The van der Waals surface area contributed by atoms with E-state index in [2.05, 4.69) is 15.6 Å². The third kappa shape index (κ3) is 5.45. The van der Waals surface area contributed by atoms with Gasteiger partial charge in [0.05, 0.1) is 16.8 Å². The Morgan fingerprint density at radius 3 is 2.18 bits per heavy atom. The van der Waals surface area contributed by atoms with Crippen LogP contribution in [-0.2, 0) is 14.3 Å². The Hall–Kier alpha value is -4.52. The number of hydrogen-bond acceptors (Lipinski definition) is 5. The molecule has 0 aliphatic rings. The van der Waals surface area contributed by atoms with Crippen molar-refractivity contribution in [3.8, 4) is 11.3 Å². The third-order valence-corrected chi connectivity index (χ3v) is 5.11. The second-order valence-electron chi connectivity index (χ2n) is 7.82. The van der Waals surface area contributed by atoms with Crippen LogP contribution in [0.3, 0.4) is 0 Å². The van der Waals surface area contributed by atoms with Crippen LogP contribution < -0.4 is 10.6 Å². The molecule has 4 aromatic rings. The number of carbonyl (C=O) groups is 3. The SMILES string of the molecule is CC(=O)Nc1ccc(NC(=O)COC(=O)c2cc(-c3ccc(C)cc3)nc3ccccc23)cc1. The lowest BCUT2D eigenvalue weighted by atomic mass is 10.0. The van der Waals surface area contributed by atoms with Crippen LogP contribution in [-0.4, -0.2) is 29.4 Å². The summed E-state index contributed by atoms with van der Waals surface area (Å²) < 4.78 is 5.32. The molecule has 0 spiro atoms. The van der Waals surface area contributed by atoms with Gasteiger partial charge in [-0.25, -0.2) is 9.78 Å². The fraction of sp³-hybridized carbons (Fsp3) is 0.111. The van der Waals surface area contributed by atoms with Crippen molar-refractivity contribution in [1.82, 2.24) is 4.98 Å². The number of benzene rings is 3. The van der Waals surface area contributed by atoms with E-state index in [1.807, 2.05) is 49.4 Å². The van der Waals surface area contributed by atoms with Gasteiger partial charge in [0, 0.05) is 29.2 Å². The molecule has 170 valence electrons. The van der Waals surface area contributed by atoms with Gasteiger partial charge in [0.2, 0.25) is 5.91 Å². The maximum atomic E-state index is 12.9. The summed E-state index contributed by atoms with van der Waals surface area (Å²) in [7, 11) is 0. The van der Waals surface area contributed by atoms with Crippen molar-refractivity contribution in [1.29, 1.82) is 0 Å². The summed E-state index contributed by atoms with van der Waals surface area (Å²) in [4.78, 5) is 41.0. The molecule has 7 nitrogen and oxygen atoms in total. The summed E-state index contributed by atoms with van der Waals surface area (Å²) in [5.41, 5.74) is 4.79. The highest BCUT2D eigenvalue weighted by molar-refractivity contribution is 6.05. The van der Waals surface area contributed by atoms with Crippen LogP contribution in [0.5, 0.6) is 0 Å². The second kappa shape index (κ2) is 9.95. The molecule has 4 rings (SSSR count). The zero-order chi connectivity index (χ0) is 24.1. The largest absolute Gasteiger partial charge is 0.452 e. The minimum Gasteiger partial charge on any atom is -0.452 e. The Labute approximate surface area is 196 Å². The van der Waals surface area contributed by atoms with Crippen LogP contribution in [0.1, 0.15) is 22.8 Å². The Kier molecular flexibility index (Phi) is 6.64. The number of ether oxygens (including phenoxy) is 1. The molecular formula is C27H23N3O4. The van der Waals surface area contributed by atoms with Crippen molar-refractivity contribution in [2.45, 2.75) is 13.8 Å². The first kappa shape index (κ1) is 22.7. The average Bonchev–Trinajstić information content (AvgIpc) is 2.83. The average molecular weight is 453 g/mol. The molecule has 0 fully saturated rings. The number of fused-ring (bicyclic) bond motifs is 1. The van der Waals surface area contributed by atoms with Crippen LogP contribution in [0.25, 0.3) is 22.2 Å². The molecule has 0 aliphatic carbocycles. The van der Waals surface area contributed by atoms with Crippen molar-refractivity contribution in [2.24, 2.45) is 0 Å². The molecule has 1 heterocycles. The normalized spacial score (nSPS) is 10.5. The third-order valence-electron chi connectivity index (χ3n) is 5.11. The van der Waals surface area contributed by atoms with Crippen molar-refractivity contribution in [2.75, 3.05) is 17.2 Å². The van der Waals surface area contributed by atoms with Gasteiger partial charge in [0.25, 0.3) is 5.91 Å². The minimum atomic E-state index is -0.608. The lowest BCUT2D eigenvalue weighted by molar-refractivity contribution is -0.119. The molecule has 0 saturated heterocycles. The zero-order valence-corrected chi connectivity index (χ0v) is 18.8. The van der Waals surface area contributed by atoms with Crippen LogP contribution in [0.2, 0.25) is 0 Å². The highest BCUT2D eigenvalue weighted by atomic mass is 16.5. The van der Waals surface area contributed by atoms with Gasteiger partial charge in [-0.3, -0.25) is 9.59 Å². The van der Waals surface area contributed by atoms with Gasteiger partial charge in [0.15, 0.2) is 6.61 Å². The number of aryl methyl sites for hydroxylation is 1. The van der Waals surface area contributed by atoms with Crippen LogP contribution >= 0.6 is 0 Å². The lowest BCUT2D eigenvalue weighted by Crippen LogP contribution is -2.21. The number of rotatable bonds is 6. The Bertz CT molecular complexity index is 1360. The van der Waals surface area contributed by atoms with Crippen LogP contribution in [0.15, 0.2) is 78.9 Å². The van der Waals surface area contributed by atoms with E-state index in [0.717, 1.165) is 11.1 Å². The number of nitrogens with zero attached hydrogens (tertiary/aromatic N) is 1. The maximum Gasteiger partial charge on any atom is 0.339 e.